The minimum absolute atomic E-state index is 0.206. The Morgan fingerprint density at radius 2 is 2.19 bits per heavy atom. The highest BCUT2D eigenvalue weighted by Gasteiger charge is 2.26. The number of nitriles is 1. The molecule has 0 amide bonds. The van der Waals surface area contributed by atoms with Crippen LogP contribution in [0.15, 0.2) is 23.1 Å². The van der Waals surface area contributed by atoms with E-state index in [4.69, 9.17) is 5.26 Å². The topological polar surface area (TPSA) is 73.2 Å². The molecule has 1 aliphatic heterocycles. The molecule has 114 valence electrons. The van der Waals surface area contributed by atoms with Crippen molar-refractivity contribution in [2.45, 2.75) is 37.1 Å². The van der Waals surface area contributed by atoms with Gasteiger partial charge in [0.1, 0.15) is 0 Å². The highest BCUT2D eigenvalue weighted by molar-refractivity contribution is 7.89. The van der Waals surface area contributed by atoms with E-state index < -0.39 is 10.0 Å². The Hall–Kier alpha value is -1.42. The Morgan fingerprint density at radius 3 is 2.81 bits per heavy atom. The van der Waals surface area contributed by atoms with Crippen LogP contribution in [-0.2, 0) is 10.0 Å². The molecular formula is C15H21N3O2S. The van der Waals surface area contributed by atoms with Crippen molar-refractivity contribution < 1.29 is 8.42 Å². The van der Waals surface area contributed by atoms with Gasteiger partial charge in [0, 0.05) is 19.6 Å². The molecule has 1 N–H and O–H groups in total. The summed E-state index contributed by atoms with van der Waals surface area (Å²) in [4.78, 5) is 0.222. The lowest BCUT2D eigenvalue weighted by Crippen LogP contribution is -2.44. The summed E-state index contributed by atoms with van der Waals surface area (Å²) in [5.41, 5.74) is 1.03. The molecule has 0 bridgehead atoms. The lowest BCUT2D eigenvalue weighted by molar-refractivity contribution is 0.337. The molecule has 6 heteroatoms. The SMILES string of the molecule is Cc1ccc(C#N)cc1S(=O)(=O)N(C)CC1CCCCN1. The molecule has 1 atom stereocenters. The van der Waals surface area contributed by atoms with E-state index in [9.17, 15) is 8.42 Å². The maximum Gasteiger partial charge on any atom is 0.243 e. The fourth-order valence-electron chi connectivity index (χ4n) is 2.60. The van der Waals surface area contributed by atoms with Crippen molar-refractivity contribution in [1.29, 1.82) is 5.26 Å². The van der Waals surface area contributed by atoms with Crippen LogP contribution in [-0.4, -0.2) is 38.9 Å². The number of rotatable bonds is 4. The zero-order valence-electron chi connectivity index (χ0n) is 12.5. The summed E-state index contributed by atoms with van der Waals surface area (Å²) < 4.78 is 26.8. The van der Waals surface area contributed by atoms with E-state index in [1.807, 2.05) is 6.07 Å². The van der Waals surface area contributed by atoms with Crippen molar-refractivity contribution in [2.75, 3.05) is 20.1 Å². The molecule has 0 radical (unpaired) electrons. The fraction of sp³-hybridized carbons (Fsp3) is 0.533. The van der Waals surface area contributed by atoms with E-state index in [1.165, 1.54) is 10.4 Å². The van der Waals surface area contributed by atoms with Crippen LogP contribution in [0.1, 0.15) is 30.4 Å². The van der Waals surface area contributed by atoms with E-state index in [-0.39, 0.29) is 10.9 Å². The van der Waals surface area contributed by atoms with Gasteiger partial charge in [0.15, 0.2) is 0 Å². The average molecular weight is 307 g/mol. The predicted octanol–water partition coefficient (Wildman–Crippen LogP) is 1.63. The number of hydrogen-bond acceptors (Lipinski definition) is 4. The number of aryl methyl sites for hydroxylation is 1. The van der Waals surface area contributed by atoms with Gasteiger partial charge in [-0.3, -0.25) is 0 Å². The Balaban J connectivity index is 2.22. The summed E-state index contributed by atoms with van der Waals surface area (Å²) in [6, 6.07) is 6.97. The molecule has 21 heavy (non-hydrogen) atoms. The number of hydrogen-bond donors (Lipinski definition) is 1. The standard InChI is InChI=1S/C15H21N3O2S/c1-12-6-7-13(10-16)9-15(12)21(19,20)18(2)11-14-5-3-4-8-17-14/h6-7,9,14,17H,3-5,8,11H2,1-2H3. The third-order valence-electron chi connectivity index (χ3n) is 3.90. The first-order valence-corrected chi connectivity index (χ1v) is 8.59. The van der Waals surface area contributed by atoms with E-state index in [1.54, 1.807) is 26.1 Å². The summed E-state index contributed by atoms with van der Waals surface area (Å²) >= 11 is 0. The zero-order valence-corrected chi connectivity index (χ0v) is 13.3. The van der Waals surface area contributed by atoms with Gasteiger partial charge in [0.05, 0.1) is 16.5 Å². The number of likely N-dealkylation sites (N-methyl/N-ethyl adjacent to an activating group) is 1. The van der Waals surface area contributed by atoms with Crippen molar-refractivity contribution in [1.82, 2.24) is 9.62 Å². The van der Waals surface area contributed by atoms with Crippen LogP contribution in [0.4, 0.5) is 0 Å². The van der Waals surface area contributed by atoms with Gasteiger partial charge in [0.25, 0.3) is 0 Å². The van der Waals surface area contributed by atoms with Gasteiger partial charge in [0.2, 0.25) is 10.0 Å². The quantitative estimate of drug-likeness (QED) is 0.917. The third-order valence-corrected chi connectivity index (χ3v) is 5.86. The van der Waals surface area contributed by atoms with Gasteiger partial charge >= 0.3 is 0 Å². The molecule has 1 aliphatic rings. The van der Waals surface area contributed by atoms with Crippen molar-refractivity contribution in [3.05, 3.63) is 29.3 Å². The number of benzene rings is 1. The molecule has 2 rings (SSSR count). The average Bonchev–Trinajstić information content (AvgIpc) is 2.48. The molecule has 1 fully saturated rings. The van der Waals surface area contributed by atoms with Gasteiger partial charge in [-0.05, 0) is 44.0 Å². The molecule has 1 saturated heterocycles. The normalized spacial score (nSPS) is 19.4. The van der Waals surface area contributed by atoms with Crippen LogP contribution < -0.4 is 5.32 Å². The highest BCUT2D eigenvalue weighted by atomic mass is 32.2. The molecule has 1 aromatic carbocycles. The lowest BCUT2D eigenvalue weighted by Gasteiger charge is -2.28. The molecule has 0 aliphatic carbocycles. The van der Waals surface area contributed by atoms with Crippen LogP contribution in [0.3, 0.4) is 0 Å². The van der Waals surface area contributed by atoms with Crippen molar-refractivity contribution in [3.63, 3.8) is 0 Å². The monoisotopic (exact) mass is 307 g/mol. The lowest BCUT2D eigenvalue weighted by atomic mass is 10.1. The first-order chi connectivity index (χ1) is 9.95. The van der Waals surface area contributed by atoms with Gasteiger partial charge in [-0.2, -0.15) is 9.57 Å². The predicted molar refractivity (Wildman–Crippen MR) is 81.4 cm³/mol. The summed E-state index contributed by atoms with van der Waals surface area (Å²) in [6.45, 7) is 3.15. The minimum Gasteiger partial charge on any atom is -0.313 e. The number of piperidine rings is 1. The number of sulfonamides is 1. The summed E-state index contributed by atoms with van der Waals surface area (Å²) in [7, 11) is -1.96. The second-order valence-corrected chi connectivity index (χ2v) is 7.54. The van der Waals surface area contributed by atoms with Crippen LogP contribution in [0.5, 0.6) is 0 Å². The van der Waals surface area contributed by atoms with E-state index in [0.717, 1.165) is 25.8 Å². The van der Waals surface area contributed by atoms with Crippen molar-refractivity contribution in [3.8, 4) is 6.07 Å². The maximum absolute atomic E-state index is 12.7. The van der Waals surface area contributed by atoms with Gasteiger partial charge in [-0.1, -0.05) is 12.5 Å². The second-order valence-electron chi connectivity index (χ2n) is 5.52. The Morgan fingerprint density at radius 1 is 1.43 bits per heavy atom. The molecule has 0 spiro atoms. The zero-order chi connectivity index (χ0) is 15.5. The summed E-state index contributed by atoms with van der Waals surface area (Å²) in [5, 5.41) is 12.3. The van der Waals surface area contributed by atoms with Crippen LogP contribution in [0.2, 0.25) is 0 Å². The highest BCUT2D eigenvalue weighted by Crippen LogP contribution is 2.21. The maximum atomic E-state index is 12.7. The Kier molecular flexibility index (Phi) is 4.99. The molecular weight excluding hydrogens is 286 g/mol. The van der Waals surface area contributed by atoms with Crippen LogP contribution in [0.25, 0.3) is 0 Å². The Bertz CT molecular complexity index is 643. The van der Waals surface area contributed by atoms with Gasteiger partial charge in [-0.15, -0.1) is 0 Å². The largest absolute Gasteiger partial charge is 0.313 e. The van der Waals surface area contributed by atoms with E-state index >= 15 is 0 Å². The fourth-order valence-corrected chi connectivity index (χ4v) is 4.07. The third kappa shape index (κ3) is 3.62. The number of nitrogens with zero attached hydrogens (tertiary/aromatic N) is 2. The first-order valence-electron chi connectivity index (χ1n) is 7.15. The molecule has 1 aromatic rings. The molecule has 1 unspecified atom stereocenters. The van der Waals surface area contributed by atoms with Gasteiger partial charge in [-0.25, -0.2) is 8.42 Å². The second kappa shape index (κ2) is 6.56. The number of nitrogens with one attached hydrogen (secondary N) is 1. The van der Waals surface area contributed by atoms with Gasteiger partial charge < -0.3 is 5.32 Å². The van der Waals surface area contributed by atoms with Crippen molar-refractivity contribution >= 4 is 10.0 Å². The molecule has 0 aromatic heterocycles. The summed E-state index contributed by atoms with van der Waals surface area (Å²) in [5.74, 6) is 0. The van der Waals surface area contributed by atoms with E-state index in [2.05, 4.69) is 5.32 Å². The van der Waals surface area contributed by atoms with E-state index in [0.29, 0.717) is 17.7 Å². The first kappa shape index (κ1) is 16.0. The van der Waals surface area contributed by atoms with Crippen LogP contribution >= 0.6 is 0 Å². The molecule has 0 saturated carbocycles. The summed E-state index contributed by atoms with van der Waals surface area (Å²) in [6.07, 6.45) is 3.28. The van der Waals surface area contributed by atoms with Crippen molar-refractivity contribution in [2.24, 2.45) is 0 Å². The minimum atomic E-state index is -3.56. The smallest absolute Gasteiger partial charge is 0.243 e. The molecule has 5 nitrogen and oxygen atoms in total. The molecule has 1 heterocycles. The van der Waals surface area contributed by atoms with Crippen LogP contribution in [0, 0.1) is 18.3 Å². The Labute approximate surface area is 126 Å².